The van der Waals surface area contributed by atoms with E-state index in [0.29, 0.717) is 5.56 Å². The molecular weight excluding hydrogens is 379 g/mol. The Hall–Kier alpha value is -2.93. The molecule has 0 bridgehead atoms. The Morgan fingerprint density at radius 3 is 2.46 bits per heavy atom. The summed E-state index contributed by atoms with van der Waals surface area (Å²) in [6.07, 6.45) is 2.77. The van der Waals surface area contributed by atoms with Crippen molar-refractivity contribution in [1.82, 2.24) is 9.88 Å². The van der Waals surface area contributed by atoms with Crippen molar-refractivity contribution in [1.29, 1.82) is 0 Å². The lowest BCUT2D eigenvalue weighted by molar-refractivity contribution is -0.129. The van der Waals surface area contributed by atoms with Crippen LogP contribution in [0.4, 0.5) is 4.39 Å². The topological polar surface area (TPSA) is 60.3 Å². The third-order valence-electron chi connectivity index (χ3n) is 4.44. The number of esters is 1. The van der Waals surface area contributed by atoms with Gasteiger partial charge in [0.15, 0.2) is 6.10 Å². The first-order valence-electron chi connectivity index (χ1n) is 8.83. The van der Waals surface area contributed by atoms with Gasteiger partial charge >= 0.3 is 5.97 Å². The predicted octanol–water partition coefficient (Wildman–Crippen LogP) is 4.16. The molecule has 0 aliphatic carbocycles. The number of thiophene rings is 1. The molecule has 5 nitrogen and oxygen atoms in total. The van der Waals surface area contributed by atoms with Crippen LogP contribution in [0, 0.1) is 19.7 Å². The second-order valence-electron chi connectivity index (χ2n) is 6.45. The Labute approximate surface area is 166 Å². The number of hydrogen-bond donors (Lipinski definition) is 1. The highest BCUT2D eigenvalue weighted by Gasteiger charge is 2.25. The standard InChI is InChI=1S/C21H21FN2O3S/c1-13-15(3)28-20(24-10-4-5-11-24)18(13)21(26)27-14(2)19(25)23-12-16-6-8-17(22)9-7-16/h4-11,14H,12H2,1-3H3,(H,23,25). The van der Waals surface area contributed by atoms with Crippen LogP contribution >= 0.6 is 11.3 Å². The minimum atomic E-state index is -0.954. The summed E-state index contributed by atoms with van der Waals surface area (Å²) < 4.78 is 20.2. The van der Waals surface area contributed by atoms with Gasteiger partial charge in [-0.25, -0.2) is 9.18 Å². The van der Waals surface area contributed by atoms with E-state index >= 15 is 0 Å². The minimum Gasteiger partial charge on any atom is -0.449 e. The number of aryl methyl sites for hydroxylation is 1. The summed E-state index contributed by atoms with van der Waals surface area (Å²) in [4.78, 5) is 26.1. The molecule has 1 aromatic carbocycles. The fourth-order valence-corrected chi connectivity index (χ4v) is 3.82. The van der Waals surface area contributed by atoms with Gasteiger partial charge in [-0.3, -0.25) is 4.79 Å². The average Bonchev–Trinajstić information content (AvgIpc) is 3.29. The van der Waals surface area contributed by atoms with E-state index in [0.717, 1.165) is 21.0 Å². The zero-order valence-corrected chi connectivity index (χ0v) is 16.7. The maximum Gasteiger partial charge on any atom is 0.342 e. The highest BCUT2D eigenvalue weighted by Crippen LogP contribution is 2.31. The summed E-state index contributed by atoms with van der Waals surface area (Å²) in [5.41, 5.74) is 2.07. The van der Waals surface area contributed by atoms with E-state index in [1.54, 1.807) is 12.1 Å². The van der Waals surface area contributed by atoms with Crippen molar-refractivity contribution in [3.05, 3.63) is 76.2 Å². The van der Waals surface area contributed by atoms with Gasteiger partial charge in [-0.2, -0.15) is 0 Å². The van der Waals surface area contributed by atoms with Crippen LogP contribution in [0.1, 0.15) is 33.3 Å². The van der Waals surface area contributed by atoms with Crippen LogP contribution in [0.5, 0.6) is 0 Å². The average molecular weight is 400 g/mol. The highest BCUT2D eigenvalue weighted by molar-refractivity contribution is 7.15. The molecule has 3 aromatic rings. The molecule has 0 spiro atoms. The van der Waals surface area contributed by atoms with E-state index in [1.807, 2.05) is 42.9 Å². The smallest absolute Gasteiger partial charge is 0.342 e. The van der Waals surface area contributed by atoms with Gasteiger partial charge in [0.2, 0.25) is 0 Å². The molecule has 146 valence electrons. The third-order valence-corrected chi connectivity index (χ3v) is 5.66. The SMILES string of the molecule is Cc1sc(-n2cccc2)c(C(=O)OC(C)C(=O)NCc2ccc(F)cc2)c1C. The quantitative estimate of drug-likeness (QED) is 0.632. The van der Waals surface area contributed by atoms with Gasteiger partial charge in [0.05, 0.1) is 5.56 Å². The Morgan fingerprint density at radius 1 is 1.18 bits per heavy atom. The zero-order chi connectivity index (χ0) is 20.3. The number of nitrogens with one attached hydrogen (secondary N) is 1. The van der Waals surface area contributed by atoms with E-state index in [-0.39, 0.29) is 12.4 Å². The second-order valence-corrected chi connectivity index (χ2v) is 7.65. The van der Waals surface area contributed by atoms with E-state index in [1.165, 1.54) is 30.4 Å². The molecule has 0 fully saturated rings. The molecule has 3 rings (SSSR count). The molecule has 1 amide bonds. The van der Waals surface area contributed by atoms with Crippen LogP contribution in [0.25, 0.3) is 5.00 Å². The van der Waals surface area contributed by atoms with Crippen molar-refractivity contribution < 1.29 is 18.7 Å². The molecule has 0 radical (unpaired) electrons. The monoisotopic (exact) mass is 400 g/mol. The number of nitrogens with zero attached hydrogens (tertiary/aromatic N) is 1. The molecule has 2 aromatic heterocycles. The van der Waals surface area contributed by atoms with Crippen LogP contribution in [0.15, 0.2) is 48.8 Å². The molecule has 1 N–H and O–H groups in total. The van der Waals surface area contributed by atoms with Gasteiger partial charge in [-0.05, 0) is 56.2 Å². The molecular formula is C21H21FN2O3S. The minimum absolute atomic E-state index is 0.228. The predicted molar refractivity (Wildman–Crippen MR) is 106 cm³/mol. The van der Waals surface area contributed by atoms with Gasteiger partial charge in [0, 0.05) is 23.8 Å². The summed E-state index contributed by atoms with van der Waals surface area (Å²) in [5.74, 6) is -1.28. The fraction of sp³-hybridized carbons (Fsp3) is 0.238. The second kappa shape index (κ2) is 8.39. The zero-order valence-electron chi connectivity index (χ0n) is 15.9. The lowest BCUT2D eigenvalue weighted by Gasteiger charge is -2.14. The van der Waals surface area contributed by atoms with Gasteiger partial charge < -0.3 is 14.6 Å². The van der Waals surface area contributed by atoms with Crippen molar-refractivity contribution in [3.63, 3.8) is 0 Å². The summed E-state index contributed by atoms with van der Waals surface area (Å²) in [5, 5.41) is 3.46. The number of rotatable bonds is 6. The Bertz CT molecular complexity index is 978. The van der Waals surface area contributed by atoms with Gasteiger partial charge in [0.1, 0.15) is 10.8 Å². The summed E-state index contributed by atoms with van der Waals surface area (Å²) in [6, 6.07) is 9.60. The Morgan fingerprint density at radius 2 is 1.82 bits per heavy atom. The maximum atomic E-state index is 12.9. The molecule has 7 heteroatoms. The van der Waals surface area contributed by atoms with Crippen molar-refractivity contribution in [2.45, 2.75) is 33.4 Å². The number of hydrogen-bond acceptors (Lipinski definition) is 4. The van der Waals surface area contributed by atoms with Gasteiger partial charge in [-0.15, -0.1) is 11.3 Å². The number of amides is 1. The first kappa shape index (κ1) is 19.8. The van der Waals surface area contributed by atoms with Crippen LogP contribution in [-0.2, 0) is 16.1 Å². The first-order chi connectivity index (χ1) is 13.4. The molecule has 28 heavy (non-hydrogen) atoms. The molecule has 0 saturated heterocycles. The summed E-state index contributed by atoms with van der Waals surface area (Å²) >= 11 is 1.50. The number of carbonyl (C=O) groups is 2. The summed E-state index contributed by atoms with van der Waals surface area (Å²) in [7, 11) is 0. The van der Waals surface area contributed by atoms with Crippen LogP contribution < -0.4 is 5.32 Å². The van der Waals surface area contributed by atoms with Crippen LogP contribution in [-0.4, -0.2) is 22.5 Å². The van der Waals surface area contributed by atoms with E-state index in [9.17, 15) is 14.0 Å². The normalized spacial score (nSPS) is 11.9. The Balaban J connectivity index is 1.67. The first-order valence-corrected chi connectivity index (χ1v) is 9.65. The number of aromatic nitrogens is 1. The number of carbonyl (C=O) groups excluding carboxylic acids is 2. The van der Waals surface area contributed by atoms with Gasteiger partial charge in [-0.1, -0.05) is 12.1 Å². The van der Waals surface area contributed by atoms with E-state index < -0.39 is 18.0 Å². The van der Waals surface area contributed by atoms with Gasteiger partial charge in [0.25, 0.3) is 5.91 Å². The molecule has 0 aliphatic rings. The van der Waals surface area contributed by atoms with Crippen molar-refractivity contribution >= 4 is 23.2 Å². The van der Waals surface area contributed by atoms with Crippen LogP contribution in [0.2, 0.25) is 0 Å². The molecule has 1 unspecified atom stereocenters. The van der Waals surface area contributed by atoms with Crippen molar-refractivity contribution in [2.24, 2.45) is 0 Å². The lowest BCUT2D eigenvalue weighted by atomic mass is 10.1. The van der Waals surface area contributed by atoms with E-state index in [4.69, 9.17) is 4.74 Å². The van der Waals surface area contributed by atoms with Crippen LogP contribution in [0.3, 0.4) is 0 Å². The summed E-state index contributed by atoms with van der Waals surface area (Å²) in [6.45, 7) is 5.57. The van der Waals surface area contributed by atoms with Crippen molar-refractivity contribution in [2.75, 3.05) is 0 Å². The van der Waals surface area contributed by atoms with Crippen molar-refractivity contribution in [3.8, 4) is 5.00 Å². The number of ether oxygens (including phenoxy) is 1. The molecule has 0 aliphatic heterocycles. The third kappa shape index (κ3) is 4.31. The fourth-order valence-electron chi connectivity index (χ4n) is 2.71. The molecule has 1 atom stereocenters. The molecule has 2 heterocycles. The van der Waals surface area contributed by atoms with E-state index in [2.05, 4.69) is 5.32 Å². The lowest BCUT2D eigenvalue weighted by Crippen LogP contribution is -2.35. The largest absolute Gasteiger partial charge is 0.449 e. The Kier molecular flexibility index (Phi) is 5.94. The maximum absolute atomic E-state index is 12.9. The molecule has 0 saturated carbocycles. The highest BCUT2D eigenvalue weighted by atomic mass is 32.1. The number of benzene rings is 1. The number of halogens is 1.